The molecule has 0 amide bonds. The van der Waals surface area contributed by atoms with Crippen LogP contribution in [0.5, 0.6) is 11.5 Å². The number of halogens is 1. The molecular weight excluding hydrogens is 258 g/mol. The number of phenols is 2. The van der Waals surface area contributed by atoms with E-state index in [4.69, 9.17) is 21.1 Å². The van der Waals surface area contributed by atoms with Gasteiger partial charge in [0.15, 0.2) is 11.5 Å². The second kappa shape index (κ2) is 9.32. The molecule has 0 aliphatic carbocycles. The van der Waals surface area contributed by atoms with Crippen molar-refractivity contribution in [2.24, 2.45) is 5.73 Å². The molecule has 0 atom stereocenters. The zero-order valence-corrected chi connectivity index (χ0v) is 10.9. The summed E-state index contributed by atoms with van der Waals surface area (Å²) in [6.07, 6.45) is 0.716. The van der Waals surface area contributed by atoms with E-state index in [9.17, 15) is 4.79 Å². The zero-order chi connectivity index (χ0) is 13.4. The molecule has 0 bridgehead atoms. The highest BCUT2D eigenvalue weighted by atomic mass is 35.5. The topological polar surface area (TPSA) is 104 Å². The number of nitrogens with two attached hydrogens (primary N) is 1. The molecule has 0 fully saturated rings. The second-order valence-corrected chi connectivity index (χ2v) is 3.45. The van der Waals surface area contributed by atoms with E-state index in [1.165, 1.54) is 19.1 Å². The molecule has 6 heteroatoms. The Morgan fingerprint density at radius 2 is 1.83 bits per heavy atom. The summed E-state index contributed by atoms with van der Waals surface area (Å²) in [5.41, 5.74) is 6.41. The molecule has 0 aromatic heterocycles. The van der Waals surface area contributed by atoms with Gasteiger partial charge in [-0.3, -0.25) is 0 Å². The van der Waals surface area contributed by atoms with Crippen LogP contribution in [0.3, 0.4) is 0 Å². The summed E-state index contributed by atoms with van der Waals surface area (Å²) in [5.74, 6) is -1.11. The second-order valence-electron chi connectivity index (χ2n) is 3.45. The average molecular weight is 276 g/mol. The maximum absolute atomic E-state index is 9.60. The first-order valence-electron chi connectivity index (χ1n) is 4.98. The number of aromatic hydroxyl groups is 2. The Balaban J connectivity index is 0. The molecule has 1 aromatic rings. The minimum absolute atomic E-state index is 0. The van der Waals surface area contributed by atoms with Crippen molar-refractivity contribution < 1.29 is 20.1 Å². The molecule has 0 radical (unpaired) electrons. The molecule has 5 nitrogen and oxygen atoms in total. The third-order valence-corrected chi connectivity index (χ3v) is 1.84. The first kappa shape index (κ1) is 18.6. The van der Waals surface area contributed by atoms with Gasteiger partial charge in [-0.2, -0.15) is 0 Å². The molecule has 1 rings (SSSR count). The van der Waals surface area contributed by atoms with Gasteiger partial charge in [0.1, 0.15) is 0 Å². The lowest BCUT2D eigenvalue weighted by molar-refractivity contribution is -0.132. The minimum Gasteiger partial charge on any atom is -0.504 e. The standard InChI is InChI=1S/C8H11NO2.C4H6O2.ClH/c9-4-3-6-1-2-7(10)8(11)5-6;1-3(2)4(5)6;/h1-2,5,10-11H,3-4,9H2;1H2,2H3,(H,5,6);1H. The molecule has 0 saturated carbocycles. The monoisotopic (exact) mass is 275 g/mol. The lowest BCUT2D eigenvalue weighted by Crippen LogP contribution is -2.02. The van der Waals surface area contributed by atoms with Crippen molar-refractivity contribution in [3.8, 4) is 11.5 Å². The van der Waals surface area contributed by atoms with E-state index < -0.39 is 5.97 Å². The largest absolute Gasteiger partial charge is 0.504 e. The molecule has 0 spiro atoms. The van der Waals surface area contributed by atoms with Crippen LogP contribution in [0, 0.1) is 0 Å². The van der Waals surface area contributed by atoms with E-state index in [2.05, 4.69) is 6.58 Å². The van der Waals surface area contributed by atoms with Crippen LogP contribution in [0.25, 0.3) is 0 Å². The van der Waals surface area contributed by atoms with Crippen LogP contribution in [0.1, 0.15) is 12.5 Å². The Hall–Kier alpha value is -1.72. The third-order valence-electron chi connectivity index (χ3n) is 1.84. The number of benzene rings is 1. The molecule has 0 aliphatic rings. The van der Waals surface area contributed by atoms with Gasteiger partial charge in [0.2, 0.25) is 0 Å². The Morgan fingerprint density at radius 3 is 2.17 bits per heavy atom. The molecule has 1 aromatic carbocycles. The average Bonchev–Trinajstić information content (AvgIpc) is 2.25. The van der Waals surface area contributed by atoms with Crippen LogP contribution in [-0.4, -0.2) is 27.8 Å². The number of hydrogen-bond acceptors (Lipinski definition) is 4. The highest BCUT2D eigenvalue weighted by Crippen LogP contribution is 2.24. The van der Waals surface area contributed by atoms with Gasteiger partial charge in [-0.05, 0) is 37.6 Å². The van der Waals surface area contributed by atoms with Crippen molar-refractivity contribution in [1.29, 1.82) is 0 Å². The van der Waals surface area contributed by atoms with Crippen molar-refractivity contribution in [2.45, 2.75) is 13.3 Å². The summed E-state index contributed by atoms with van der Waals surface area (Å²) in [4.78, 5) is 9.60. The van der Waals surface area contributed by atoms with Gasteiger partial charge in [-0.15, -0.1) is 12.4 Å². The molecule has 18 heavy (non-hydrogen) atoms. The summed E-state index contributed by atoms with van der Waals surface area (Å²) in [6, 6.07) is 4.71. The van der Waals surface area contributed by atoms with Gasteiger partial charge in [-0.1, -0.05) is 12.6 Å². The normalized spacial score (nSPS) is 8.56. The number of rotatable bonds is 3. The van der Waals surface area contributed by atoms with Crippen molar-refractivity contribution in [3.63, 3.8) is 0 Å². The third kappa shape index (κ3) is 7.54. The van der Waals surface area contributed by atoms with Gasteiger partial charge < -0.3 is 21.1 Å². The summed E-state index contributed by atoms with van der Waals surface area (Å²) in [5, 5.41) is 25.9. The molecule has 102 valence electrons. The van der Waals surface area contributed by atoms with Gasteiger partial charge in [-0.25, -0.2) is 4.79 Å². The predicted molar refractivity (Wildman–Crippen MR) is 72.2 cm³/mol. The van der Waals surface area contributed by atoms with Crippen LogP contribution in [0.15, 0.2) is 30.4 Å². The zero-order valence-electron chi connectivity index (χ0n) is 10.1. The SMILES string of the molecule is C=C(C)C(=O)O.Cl.NCCc1ccc(O)c(O)c1. The van der Waals surface area contributed by atoms with E-state index in [0.717, 1.165) is 5.56 Å². The van der Waals surface area contributed by atoms with E-state index in [1.54, 1.807) is 6.07 Å². The number of aliphatic carboxylic acids is 1. The lowest BCUT2D eigenvalue weighted by atomic mass is 10.1. The molecule has 5 N–H and O–H groups in total. The number of carboxylic acids is 1. The van der Waals surface area contributed by atoms with Crippen LogP contribution in [0.2, 0.25) is 0 Å². The Labute approximate surface area is 112 Å². The van der Waals surface area contributed by atoms with E-state index in [0.29, 0.717) is 13.0 Å². The smallest absolute Gasteiger partial charge is 0.330 e. The number of carboxylic acid groups (broad SMARTS) is 1. The van der Waals surface area contributed by atoms with Crippen LogP contribution < -0.4 is 5.73 Å². The van der Waals surface area contributed by atoms with Gasteiger partial charge in [0.05, 0.1) is 0 Å². The Bertz CT molecular complexity index is 395. The van der Waals surface area contributed by atoms with E-state index in [1.807, 2.05) is 0 Å². The molecular formula is C12H18ClNO4. The molecule has 0 saturated heterocycles. The minimum atomic E-state index is -0.935. The summed E-state index contributed by atoms with van der Waals surface area (Å²) in [6.45, 7) is 5.15. The quantitative estimate of drug-likeness (QED) is 0.496. The van der Waals surface area contributed by atoms with Gasteiger partial charge in [0, 0.05) is 5.57 Å². The summed E-state index contributed by atoms with van der Waals surface area (Å²) < 4.78 is 0. The van der Waals surface area contributed by atoms with Gasteiger partial charge in [0.25, 0.3) is 0 Å². The van der Waals surface area contributed by atoms with Crippen LogP contribution in [-0.2, 0) is 11.2 Å². The predicted octanol–water partition coefficient (Wildman–Crippen LogP) is 1.67. The number of carbonyl (C=O) groups is 1. The number of hydrogen-bond donors (Lipinski definition) is 4. The first-order chi connectivity index (χ1) is 7.88. The van der Waals surface area contributed by atoms with Crippen molar-refractivity contribution in [3.05, 3.63) is 35.9 Å². The lowest BCUT2D eigenvalue weighted by Gasteiger charge is -2.00. The Morgan fingerprint density at radius 1 is 1.33 bits per heavy atom. The maximum atomic E-state index is 9.60. The highest BCUT2D eigenvalue weighted by molar-refractivity contribution is 5.85. The fraction of sp³-hybridized carbons (Fsp3) is 0.250. The highest BCUT2D eigenvalue weighted by Gasteiger charge is 1.98. The molecule has 0 heterocycles. The summed E-state index contributed by atoms with van der Waals surface area (Å²) >= 11 is 0. The molecule has 0 unspecified atom stereocenters. The number of phenolic OH excluding ortho intramolecular Hbond substituents is 2. The van der Waals surface area contributed by atoms with Crippen LogP contribution >= 0.6 is 12.4 Å². The van der Waals surface area contributed by atoms with Crippen molar-refractivity contribution in [2.75, 3.05) is 6.54 Å². The Kier molecular flexibility index (Phi) is 9.66. The fourth-order valence-corrected chi connectivity index (χ4v) is 0.891. The first-order valence-corrected chi connectivity index (χ1v) is 4.98. The van der Waals surface area contributed by atoms with Gasteiger partial charge >= 0.3 is 5.97 Å². The maximum Gasteiger partial charge on any atom is 0.330 e. The van der Waals surface area contributed by atoms with Crippen molar-refractivity contribution in [1.82, 2.24) is 0 Å². The van der Waals surface area contributed by atoms with Crippen LogP contribution in [0.4, 0.5) is 0 Å². The summed E-state index contributed by atoms with van der Waals surface area (Å²) in [7, 11) is 0. The van der Waals surface area contributed by atoms with E-state index in [-0.39, 0.29) is 29.5 Å². The molecule has 0 aliphatic heterocycles. The van der Waals surface area contributed by atoms with E-state index >= 15 is 0 Å². The fourth-order valence-electron chi connectivity index (χ4n) is 0.891. The van der Waals surface area contributed by atoms with Crippen molar-refractivity contribution >= 4 is 18.4 Å².